The lowest BCUT2D eigenvalue weighted by Gasteiger charge is -2.01. The lowest BCUT2D eigenvalue weighted by molar-refractivity contribution is 0.475. The zero-order valence-corrected chi connectivity index (χ0v) is 12.2. The predicted octanol–water partition coefficient (Wildman–Crippen LogP) is 3.18. The Morgan fingerprint density at radius 2 is 1.27 bits per heavy atom. The standard InChI is InChI=1S/C10H8O4S.C6H6O/c11-9-3-1-8-6-10(15(12,13)14)4-2-7(8)5-9;7-6-4-2-1-3-5-6/h1-6,11H,(H,12,13,14);1-5,7H. The molecule has 0 amide bonds. The summed E-state index contributed by atoms with van der Waals surface area (Å²) in [7, 11) is -4.17. The summed E-state index contributed by atoms with van der Waals surface area (Å²) in [6.07, 6.45) is 0. The molecule has 22 heavy (non-hydrogen) atoms. The minimum absolute atomic E-state index is 0.113. The van der Waals surface area contributed by atoms with E-state index in [1.807, 2.05) is 6.07 Å². The highest BCUT2D eigenvalue weighted by Crippen LogP contribution is 2.22. The van der Waals surface area contributed by atoms with Crippen LogP contribution in [0.1, 0.15) is 0 Å². The van der Waals surface area contributed by atoms with Crippen molar-refractivity contribution in [1.29, 1.82) is 0 Å². The Balaban J connectivity index is 0.000000211. The van der Waals surface area contributed by atoms with Gasteiger partial charge < -0.3 is 10.2 Å². The van der Waals surface area contributed by atoms with Gasteiger partial charge in [0.2, 0.25) is 0 Å². The zero-order valence-electron chi connectivity index (χ0n) is 11.4. The molecule has 3 rings (SSSR count). The molecule has 0 spiro atoms. The van der Waals surface area contributed by atoms with Crippen LogP contribution in [0.15, 0.2) is 71.6 Å². The van der Waals surface area contributed by atoms with Gasteiger partial charge in [0, 0.05) is 0 Å². The number of rotatable bonds is 1. The van der Waals surface area contributed by atoms with Crippen LogP contribution in [0.25, 0.3) is 10.8 Å². The van der Waals surface area contributed by atoms with Crippen LogP contribution in [-0.4, -0.2) is 23.2 Å². The lowest BCUT2D eigenvalue weighted by Crippen LogP contribution is -1.97. The van der Waals surface area contributed by atoms with Gasteiger partial charge >= 0.3 is 0 Å². The molecule has 0 atom stereocenters. The summed E-state index contributed by atoms with van der Waals surface area (Å²) in [4.78, 5) is -0.152. The van der Waals surface area contributed by atoms with Crippen molar-refractivity contribution in [3.8, 4) is 11.5 Å². The first-order chi connectivity index (χ1) is 10.4. The van der Waals surface area contributed by atoms with Gasteiger partial charge in [0.1, 0.15) is 11.5 Å². The van der Waals surface area contributed by atoms with Crippen molar-refractivity contribution in [2.45, 2.75) is 4.90 Å². The number of hydrogen-bond donors (Lipinski definition) is 3. The maximum atomic E-state index is 10.8. The molecule has 3 aromatic carbocycles. The molecule has 5 nitrogen and oxygen atoms in total. The predicted molar refractivity (Wildman–Crippen MR) is 83.5 cm³/mol. The van der Waals surface area contributed by atoms with E-state index in [1.165, 1.54) is 30.3 Å². The maximum absolute atomic E-state index is 10.8. The van der Waals surface area contributed by atoms with Gasteiger partial charge in [0.25, 0.3) is 10.1 Å². The first-order valence-corrected chi connectivity index (χ1v) is 7.74. The second-order valence-electron chi connectivity index (χ2n) is 4.50. The molecule has 0 saturated carbocycles. The van der Waals surface area contributed by atoms with Gasteiger partial charge in [-0.05, 0) is 47.2 Å². The molecular formula is C16H14O5S. The Labute approximate surface area is 127 Å². The second-order valence-corrected chi connectivity index (χ2v) is 5.93. The Hall–Kier alpha value is -2.57. The number of hydrogen-bond acceptors (Lipinski definition) is 4. The van der Waals surface area contributed by atoms with Gasteiger partial charge in [-0.15, -0.1) is 0 Å². The van der Waals surface area contributed by atoms with Crippen molar-refractivity contribution < 1.29 is 23.2 Å². The smallest absolute Gasteiger partial charge is 0.294 e. The van der Waals surface area contributed by atoms with Crippen molar-refractivity contribution in [2.24, 2.45) is 0 Å². The highest BCUT2D eigenvalue weighted by Gasteiger charge is 2.09. The molecule has 0 radical (unpaired) electrons. The highest BCUT2D eigenvalue weighted by atomic mass is 32.2. The number of para-hydroxylation sites is 1. The van der Waals surface area contributed by atoms with Gasteiger partial charge in [-0.2, -0.15) is 8.42 Å². The molecule has 3 N–H and O–H groups in total. The van der Waals surface area contributed by atoms with Crippen molar-refractivity contribution in [2.75, 3.05) is 0 Å². The molecule has 0 bridgehead atoms. The lowest BCUT2D eigenvalue weighted by atomic mass is 10.1. The highest BCUT2D eigenvalue weighted by molar-refractivity contribution is 7.85. The largest absolute Gasteiger partial charge is 0.508 e. The summed E-state index contributed by atoms with van der Waals surface area (Å²) < 4.78 is 30.5. The van der Waals surface area contributed by atoms with E-state index in [9.17, 15) is 13.5 Å². The minimum atomic E-state index is -4.17. The molecule has 0 aliphatic heterocycles. The molecule has 6 heteroatoms. The van der Waals surface area contributed by atoms with Crippen LogP contribution in [0.4, 0.5) is 0 Å². The number of fused-ring (bicyclic) bond motifs is 1. The quantitative estimate of drug-likeness (QED) is 0.599. The molecule has 3 aromatic rings. The van der Waals surface area contributed by atoms with E-state index in [0.29, 0.717) is 16.5 Å². The third kappa shape index (κ3) is 4.21. The topological polar surface area (TPSA) is 94.8 Å². The van der Waals surface area contributed by atoms with Crippen LogP contribution in [0.2, 0.25) is 0 Å². The van der Waals surface area contributed by atoms with E-state index in [0.717, 1.165) is 0 Å². The Morgan fingerprint density at radius 3 is 1.82 bits per heavy atom. The van der Waals surface area contributed by atoms with Crippen LogP contribution in [-0.2, 0) is 10.1 Å². The molecule has 0 fully saturated rings. The first kappa shape index (κ1) is 15.8. The summed E-state index contributed by atoms with van der Waals surface area (Å²) in [5, 5.41) is 19.2. The third-order valence-electron chi connectivity index (χ3n) is 2.85. The maximum Gasteiger partial charge on any atom is 0.294 e. The number of phenolic OH excluding ortho intramolecular Hbond substituents is 2. The average molecular weight is 318 g/mol. The van der Waals surface area contributed by atoms with Crippen molar-refractivity contribution >= 4 is 20.9 Å². The van der Waals surface area contributed by atoms with E-state index in [-0.39, 0.29) is 10.6 Å². The Morgan fingerprint density at radius 1 is 0.682 bits per heavy atom. The van der Waals surface area contributed by atoms with Gasteiger partial charge in [-0.3, -0.25) is 4.55 Å². The number of aromatic hydroxyl groups is 2. The molecule has 0 aliphatic rings. The summed E-state index contributed by atoms with van der Waals surface area (Å²) in [6.45, 7) is 0. The van der Waals surface area contributed by atoms with Crippen molar-refractivity contribution in [3.63, 3.8) is 0 Å². The molecule has 0 aliphatic carbocycles. The van der Waals surface area contributed by atoms with Crippen LogP contribution < -0.4 is 0 Å². The second kappa shape index (κ2) is 6.46. The molecule has 0 aromatic heterocycles. The van der Waals surface area contributed by atoms with E-state index in [1.54, 1.807) is 30.3 Å². The normalized spacial score (nSPS) is 10.8. The van der Waals surface area contributed by atoms with E-state index in [4.69, 9.17) is 9.66 Å². The molecule has 0 heterocycles. The monoisotopic (exact) mass is 318 g/mol. The summed E-state index contributed by atoms with van der Waals surface area (Å²) in [6, 6.07) is 17.4. The van der Waals surface area contributed by atoms with Crippen LogP contribution in [0, 0.1) is 0 Å². The van der Waals surface area contributed by atoms with Crippen LogP contribution in [0.5, 0.6) is 11.5 Å². The summed E-state index contributed by atoms with van der Waals surface area (Å²) >= 11 is 0. The van der Waals surface area contributed by atoms with Gasteiger partial charge in [0.05, 0.1) is 4.90 Å². The fourth-order valence-electron chi connectivity index (χ4n) is 1.80. The Kier molecular flexibility index (Phi) is 4.65. The van der Waals surface area contributed by atoms with Crippen molar-refractivity contribution in [3.05, 3.63) is 66.7 Å². The molecular weight excluding hydrogens is 304 g/mol. The van der Waals surface area contributed by atoms with Crippen LogP contribution >= 0.6 is 0 Å². The van der Waals surface area contributed by atoms with Gasteiger partial charge in [-0.25, -0.2) is 0 Å². The van der Waals surface area contributed by atoms with E-state index < -0.39 is 10.1 Å². The van der Waals surface area contributed by atoms with Gasteiger partial charge in [-0.1, -0.05) is 30.3 Å². The molecule has 0 saturated heterocycles. The SMILES string of the molecule is O=S(=O)(O)c1ccc2cc(O)ccc2c1.Oc1ccccc1. The summed E-state index contributed by atoms with van der Waals surface area (Å²) in [5.41, 5.74) is 0. The first-order valence-electron chi connectivity index (χ1n) is 6.30. The summed E-state index contributed by atoms with van der Waals surface area (Å²) in [5.74, 6) is 0.435. The van der Waals surface area contributed by atoms with Crippen molar-refractivity contribution in [1.82, 2.24) is 0 Å². The fraction of sp³-hybridized carbons (Fsp3) is 0. The zero-order chi connectivity index (χ0) is 16.2. The van der Waals surface area contributed by atoms with Crippen LogP contribution in [0.3, 0.4) is 0 Å². The third-order valence-corrected chi connectivity index (χ3v) is 3.70. The molecule has 0 unspecified atom stereocenters. The number of phenols is 2. The fourth-order valence-corrected chi connectivity index (χ4v) is 2.32. The Bertz CT molecular complexity index is 873. The van der Waals surface area contributed by atoms with E-state index in [2.05, 4.69) is 0 Å². The van der Waals surface area contributed by atoms with Gasteiger partial charge in [0.15, 0.2) is 0 Å². The average Bonchev–Trinajstić information content (AvgIpc) is 2.47. The van der Waals surface area contributed by atoms with E-state index >= 15 is 0 Å². The molecule has 114 valence electrons. The number of benzene rings is 3. The minimum Gasteiger partial charge on any atom is -0.508 e.